The predicted molar refractivity (Wildman–Crippen MR) is 159 cm³/mol. The minimum absolute atomic E-state index is 0.0813. The van der Waals surface area contributed by atoms with Crippen molar-refractivity contribution in [2.45, 2.75) is 89.9 Å². The predicted octanol–water partition coefficient (Wildman–Crippen LogP) is 4.47. The van der Waals surface area contributed by atoms with Crippen LogP contribution in [0.3, 0.4) is 0 Å². The standard InChI is InChI=1S/C34H44N2O6/c1-5-34(40)19-16-27-25-13-12-23-20-24(14-17-32(23,3)26(25)15-18-33(27,34)4)36-42-21-28(37)35-29(31(39)41-6-2)30(38)22-10-8-7-9-11-22/h1,7-11,20,25-27,29-30,38,40H,6,12-19,21H2,2-4H3,(H,35,37)/b36-24-/t25?,26?,27?,29?,30?,32-,33-,34+/m0/s1. The third-order valence-corrected chi connectivity index (χ3v) is 11.1. The number of rotatable bonds is 8. The monoisotopic (exact) mass is 576 g/mol. The van der Waals surface area contributed by atoms with Gasteiger partial charge in [-0.15, -0.1) is 6.42 Å². The van der Waals surface area contributed by atoms with E-state index in [9.17, 15) is 19.8 Å². The van der Waals surface area contributed by atoms with E-state index < -0.39 is 29.6 Å². The van der Waals surface area contributed by atoms with Crippen molar-refractivity contribution in [2.75, 3.05) is 13.2 Å². The second-order valence-electron chi connectivity index (χ2n) is 13.0. The van der Waals surface area contributed by atoms with Crippen LogP contribution in [0.2, 0.25) is 0 Å². The number of hydrogen-bond acceptors (Lipinski definition) is 7. The number of carbonyl (C=O) groups excluding carboxylic acids is 2. The second kappa shape index (κ2) is 11.9. The van der Waals surface area contributed by atoms with Gasteiger partial charge in [-0.3, -0.25) is 4.79 Å². The van der Waals surface area contributed by atoms with E-state index in [1.54, 1.807) is 37.3 Å². The zero-order chi connectivity index (χ0) is 30.1. The smallest absolute Gasteiger partial charge is 0.331 e. The van der Waals surface area contributed by atoms with Crippen molar-refractivity contribution in [1.29, 1.82) is 0 Å². The number of hydrogen-bond donors (Lipinski definition) is 3. The molecule has 4 aliphatic rings. The molecule has 1 amide bonds. The maximum atomic E-state index is 12.7. The summed E-state index contributed by atoms with van der Waals surface area (Å²) in [5.74, 6) is 3.03. The van der Waals surface area contributed by atoms with Gasteiger partial charge in [-0.1, -0.05) is 60.8 Å². The van der Waals surface area contributed by atoms with Gasteiger partial charge >= 0.3 is 5.97 Å². The average molecular weight is 577 g/mol. The Morgan fingerprint density at radius 2 is 1.86 bits per heavy atom. The van der Waals surface area contributed by atoms with Gasteiger partial charge in [0.05, 0.1) is 12.3 Å². The number of aliphatic hydroxyl groups is 2. The van der Waals surface area contributed by atoms with Crippen LogP contribution in [0.25, 0.3) is 0 Å². The first-order valence-corrected chi connectivity index (χ1v) is 15.4. The van der Waals surface area contributed by atoms with Crippen LogP contribution in [0, 0.1) is 40.9 Å². The van der Waals surface area contributed by atoms with Crippen molar-refractivity contribution < 1.29 is 29.4 Å². The number of terminal acetylenes is 1. The Balaban J connectivity index is 1.21. The molecule has 5 unspecified atom stereocenters. The summed E-state index contributed by atoms with van der Waals surface area (Å²) < 4.78 is 5.08. The quantitative estimate of drug-likeness (QED) is 0.239. The SMILES string of the molecule is C#C[C@@]1(O)CCC2C3CCC4=C/C(=N\OCC(=O)NC(C(=O)OCC)C(O)c5ccccc5)CC[C@]4(C)C3CC[C@@]21C. The highest BCUT2D eigenvalue weighted by atomic mass is 16.6. The van der Waals surface area contributed by atoms with Gasteiger partial charge in [0, 0.05) is 5.41 Å². The Hall–Kier alpha value is -3.15. The third-order valence-electron chi connectivity index (χ3n) is 11.1. The van der Waals surface area contributed by atoms with Crippen LogP contribution in [0.4, 0.5) is 0 Å². The maximum absolute atomic E-state index is 12.7. The zero-order valence-electron chi connectivity index (χ0n) is 25.0. The summed E-state index contributed by atoms with van der Waals surface area (Å²) in [4.78, 5) is 30.6. The summed E-state index contributed by atoms with van der Waals surface area (Å²) >= 11 is 0. The Bertz CT molecular complexity index is 1290. The molecule has 0 radical (unpaired) electrons. The third kappa shape index (κ3) is 5.26. The molecule has 0 aromatic heterocycles. The van der Waals surface area contributed by atoms with Crippen LogP contribution in [-0.4, -0.2) is 52.7 Å². The summed E-state index contributed by atoms with van der Waals surface area (Å²) in [6.07, 6.45) is 14.2. The molecule has 8 nitrogen and oxygen atoms in total. The maximum Gasteiger partial charge on any atom is 0.331 e. The number of allylic oxidation sites excluding steroid dienone is 2. The Kier molecular flexibility index (Phi) is 8.55. The molecule has 0 saturated heterocycles. The fourth-order valence-electron chi connectivity index (χ4n) is 8.63. The van der Waals surface area contributed by atoms with Crippen LogP contribution < -0.4 is 5.32 Å². The summed E-state index contributed by atoms with van der Waals surface area (Å²) in [5, 5.41) is 28.8. The molecule has 3 saturated carbocycles. The van der Waals surface area contributed by atoms with E-state index in [4.69, 9.17) is 16.0 Å². The molecule has 5 rings (SSSR count). The molecule has 226 valence electrons. The number of benzene rings is 1. The van der Waals surface area contributed by atoms with Crippen LogP contribution >= 0.6 is 0 Å². The van der Waals surface area contributed by atoms with Crippen LogP contribution in [0.15, 0.2) is 47.1 Å². The van der Waals surface area contributed by atoms with Gasteiger partial charge in [0.15, 0.2) is 12.6 Å². The molecule has 8 heteroatoms. The van der Waals surface area contributed by atoms with Crippen molar-refractivity contribution in [3.8, 4) is 12.3 Å². The first-order chi connectivity index (χ1) is 20.1. The molecule has 0 heterocycles. The normalized spacial score (nSPS) is 35.9. The molecular formula is C34H44N2O6. The Morgan fingerprint density at radius 1 is 1.12 bits per heavy atom. The Morgan fingerprint density at radius 3 is 2.57 bits per heavy atom. The lowest BCUT2D eigenvalue weighted by Gasteiger charge is -2.58. The number of carbonyl (C=O) groups is 2. The summed E-state index contributed by atoms with van der Waals surface area (Å²) in [7, 11) is 0. The van der Waals surface area contributed by atoms with Crippen molar-refractivity contribution in [1.82, 2.24) is 5.32 Å². The van der Waals surface area contributed by atoms with Crippen molar-refractivity contribution in [3.05, 3.63) is 47.5 Å². The number of oxime groups is 1. The van der Waals surface area contributed by atoms with E-state index in [1.165, 1.54) is 5.57 Å². The first kappa shape index (κ1) is 30.3. The average Bonchev–Trinajstić information content (AvgIpc) is 3.27. The molecule has 1 aromatic rings. The van der Waals surface area contributed by atoms with Crippen molar-refractivity contribution >= 4 is 17.6 Å². The molecule has 4 aliphatic carbocycles. The minimum atomic E-state index is -1.27. The van der Waals surface area contributed by atoms with E-state index in [0.29, 0.717) is 29.7 Å². The molecule has 0 aliphatic heterocycles. The van der Waals surface area contributed by atoms with Gasteiger partial charge < -0.3 is 25.1 Å². The lowest BCUT2D eigenvalue weighted by Crippen LogP contribution is -2.54. The van der Waals surface area contributed by atoms with Gasteiger partial charge in [0.1, 0.15) is 11.7 Å². The van der Waals surface area contributed by atoms with E-state index in [0.717, 1.165) is 50.7 Å². The van der Waals surface area contributed by atoms with E-state index in [-0.39, 0.29) is 24.0 Å². The number of aliphatic hydroxyl groups excluding tert-OH is 1. The highest BCUT2D eigenvalue weighted by Gasteiger charge is 2.63. The summed E-state index contributed by atoms with van der Waals surface area (Å²) in [5.41, 5.74) is 1.57. The van der Waals surface area contributed by atoms with Crippen LogP contribution in [0.5, 0.6) is 0 Å². The molecule has 0 spiro atoms. The molecule has 3 fully saturated rings. The van der Waals surface area contributed by atoms with Crippen LogP contribution in [0.1, 0.15) is 83.8 Å². The van der Waals surface area contributed by atoms with Gasteiger partial charge in [-0.25, -0.2) is 4.79 Å². The Labute approximate surface area is 248 Å². The minimum Gasteiger partial charge on any atom is -0.464 e. The van der Waals surface area contributed by atoms with Crippen molar-refractivity contribution in [2.24, 2.45) is 33.7 Å². The number of esters is 1. The highest BCUT2D eigenvalue weighted by Crippen LogP contribution is 2.67. The molecule has 8 atom stereocenters. The number of ether oxygens (including phenoxy) is 1. The lowest BCUT2D eigenvalue weighted by molar-refractivity contribution is -0.151. The summed E-state index contributed by atoms with van der Waals surface area (Å²) in [6.45, 7) is 6.01. The molecule has 0 bridgehead atoms. The molecule has 42 heavy (non-hydrogen) atoms. The largest absolute Gasteiger partial charge is 0.464 e. The van der Waals surface area contributed by atoms with Gasteiger partial charge in [-0.05, 0) is 93.1 Å². The molecular weight excluding hydrogens is 532 g/mol. The fourth-order valence-corrected chi connectivity index (χ4v) is 8.63. The highest BCUT2D eigenvalue weighted by molar-refractivity contribution is 5.96. The van der Waals surface area contributed by atoms with Gasteiger partial charge in [-0.2, -0.15) is 0 Å². The topological polar surface area (TPSA) is 117 Å². The fraction of sp³-hybridized carbons (Fsp3) is 0.618. The number of nitrogens with one attached hydrogen (secondary N) is 1. The lowest BCUT2D eigenvalue weighted by atomic mass is 9.46. The van der Waals surface area contributed by atoms with Gasteiger partial charge in [0.25, 0.3) is 5.91 Å². The first-order valence-electron chi connectivity index (χ1n) is 15.4. The number of amides is 1. The van der Waals surface area contributed by atoms with E-state index >= 15 is 0 Å². The molecule has 1 aromatic carbocycles. The van der Waals surface area contributed by atoms with Crippen molar-refractivity contribution in [3.63, 3.8) is 0 Å². The molecule has 3 N–H and O–H groups in total. The van der Waals surface area contributed by atoms with E-state index in [2.05, 4.69) is 36.3 Å². The number of fused-ring (bicyclic) bond motifs is 5. The van der Waals surface area contributed by atoms with Gasteiger partial charge in [0.2, 0.25) is 0 Å². The van der Waals surface area contributed by atoms with Crippen LogP contribution in [-0.2, 0) is 19.2 Å². The number of nitrogens with zero attached hydrogens (tertiary/aromatic N) is 1. The summed E-state index contributed by atoms with van der Waals surface area (Å²) in [6, 6.07) is 7.39. The zero-order valence-corrected chi connectivity index (χ0v) is 25.0. The van der Waals surface area contributed by atoms with E-state index in [1.807, 2.05) is 0 Å². The second-order valence-corrected chi connectivity index (χ2v) is 13.0.